The molecule has 0 aromatic heterocycles. The van der Waals surface area contributed by atoms with Gasteiger partial charge >= 0.3 is 0 Å². The third-order valence-corrected chi connectivity index (χ3v) is 2.38. The number of rotatable bonds is 8. The van der Waals surface area contributed by atoms with Gasteiger partial charge in [0.2, 0.25) is 0 Å². The summed E-state index contributed by atoms with van der Waals surface area (Å²) in [5, 5.41) is 11.9. The van der Waals surface area contributed by atoms with Crippen molar-refractivity contribution in [2.24, 2.45) is 0 Å². The lowest BCUT2D eigenvalue weighted by molar-refractivity contribution is 0.283. The molecule has 1 aromatic carbocycles. The maximum absolute atomic E-state index is 8.60. The van der Waals surface area contributed by atoms with E-state index in [4.69, 9.17) is 5.11 Å². The Morgan fingerprint density at radius 3 is 2.62 bits per heavy atom. The van der Waals surface area contributed by atoms with Crippen molar-refractivity contribution in [2.75, 3.05) is 19.7 Å². The predicted molar refractivity (Wildman–Crippen MR) is 69.3 cm³/mol. The zero-order chi connectivity index (χ0) is 11.5. The third kappa shape index (κ3) is 6.38. The van der Waals surface area contributed by atoms with Crippen LogP contribution in [0.1, 0.15) is 24.8 Å². The third-order valence-electron chi connectivity index (χ3n) is 2.38. The average molecular weight is 219 g/mol. The van der Waals surface area contributed by atoms with Crippen molar-refractivity contribution in [1.82, 2.24) is 5.32 Å². The summed E-state index contributed by atoms with van der Waals surface area (Å²) in [6.45, 7) is 2.25. The number of nitrogens with one attached hydrogen (secondary N) is 1. The fourth-order valence-electron chi connectivity index (χ4n) is 1.48. The normalized spacial score (nSPS) is 11.1. The van der Waals surface area contributed by atoms with Crippen LogP contribution in [0, 0.1) is 0 Å². The van der Waals surface area contributed by atoms with Crippen LogP contribution in [0.4, 0.5) is 0 Å². The Balaban J connectivity index is 2.01. The van der Waals surface area contributed by atoms with Crippen molar-refractivity contribution >= 4 is 6.08 Å². The molecule has 0 atom stereocenters. The Morgan fingerprint density at radius 1 is 1.06 bits per heavy atom. The van der Waals surface area contributed by atoms with E-state index in [0.717, 1.165) is 32.4 Å². The first kappa shape index (κ1) is 12.9. The van der Waals surface area contributed by atoms with Crippen LogP contribution in [0.3, 0.4) is 0 Å². The van der Waals surface area contributed by atoms with Gasteiger partial charge in [0.1, 0.15) is 0 Å². The molecule has 16 heavy (non-hydrogen) atoms. The largest absolute Gasteiger partial charge is 0.396 e. The van der Waals surface area contributed by atoms with Crippen LogP contribution in [-0.4, -0.2) is 24.8 Å². The summed E-state index contributed by atoms with van der Waals surface area (Å²) in [4.78, 5) is 0. The molecule has 1 rings (SSSR count). The minimum Gasteiger partial charge on any atom is -0.396 e. The maximum atomic E-state index is 8.60. The molecule has 0 bridgehead atoms. The van der Waals surface area contributed by atoms with Crippen molar-refractivity contribution in [3.05, 3.63) is 42.0 Å². The molecule has 0 unspecified atom stereocenters. The summed E-state index contributed by atoms with van der Waals surface area (Å²) in [6.07, 6.45) is 7.43. The second kappa shape index (κ2) is 9.13. The smallest absolute Gasteiger partial charge is 0.0431 e. The van der Waals surface area contributed by atoms with Gasteiger partial charge in [-0.25, -0.2) is 0 Å². The number of hydrogen-bond acceptors (Lipinski definition) is 2. The summed E-state index contributed by atoms with van der Waals surface area (Å²) in [7, 11) is 0. The minimum absolute atomic E-state index is 0.313. The Labute approximate surface area is 98.0 Å². The fourth-order valence-corrected chi connectivity index (χ4v) is 1.48. The van der Waals surface area contributed by atoms with E-state index in [0.29, 0.717) is 6.61 Å². The molecule has 0 saturated heterocycles. The number of benzene rings is 1. The summed E-state index contributed by atoms with van der Waals surface area (Å²) < 4.78 is 0. The van der Waals surface area contributed by atoms with Crippen molar-refractivity contribution in [1.29, 1.82) is 0 Å². The highest BCUT2D eigenvalue weighted by atomic mass is 16.2. The first-order chi connectivity index (χ1) is 7.93. The molecule has 0 aliphatic rings. The van der Waals surface area contributed by atoms with E-state index < -0.39 is 0 Å². The average Bonchev–Trinajstić information content (AvgIpc) is 2.34. The predicted octanol–water partition coefficient (Wildman–Crippen LogP) is 2.45. The van der Waals surface area contributed by atoms with Crippen molar-refractivity contribution in [3.63, 3.8) is 0 Å². The summed E-state index contributed by atoms with van der Waals surface area (Å²) in [5.41, 5.74) is 1.24. The van der Waals surface area contributed by atoms with Crippen LogP contribution < -0.4 is 5.32 Å². The van der Waals surface area contributed by atoms with Crippen LogP contribution in [0.5, 0.6) is 0 Å². The van der Waals surface area contributed by atoms with Crippen LogP contribution in [0.2, 0.25) is 0 Å². The van der Waals surface area contributed by atoms with Gasteiger partial charge in [-0.05, 0) is 31.4 Å². The van der Waals surface area contributed by atoms with Gasteiger partial charge in [0, 0.05) is 13.2 Å². The highest BCUT2D eigenvalue weighted by Crippen LogP contribution is 2.00. The Hall–Kier alpha value is -1.12. The van der Waals surface area contributed by atoms with E-state index >= 15 is 0 Å². The molecule has 2 heteroatoms. The Morgan fingerprint density at radius 2 is 1.88 bits per heavy atom. The van der Waals surface area contributed by atoms with E-state index in [1.54, 1.807) is 0 Å². The van der Waals surface area contributed by atoms with E-state index in [-0.39, 0.29) is 0 Å². The molecule has 1 aromatic rings. The molecule has 2 N–H and O–H groups in total. The Kier molecular flexibility index (Phi) is 7.39. The van der Waals surface area contributed by atoms with Crippen LogP contribution in [0.25, 0.3) is 6.08 Å². The van der Waals surface area contributed by atoms with Crippen LogP contribution >= 0.6 is 0 Å². The monoisotopic (exact) mass is 219 g/mol. The van der Waals surface area contributed by atoms with Gasteiger partial charge in [0.25, 0.3) is 0 Å². The molecule has 0 saturated carbocycles. The van der Waals surface area contributed by atoms with Gasteiger partial charge in [-0.2, -0.15) is 0 Å². The second-order valence-electron chi connectivity index (χ2n) is 3.80. The highest BCUT2D eigenvalue weighted by molar-refractivity contribution is 5.48. The molecular formula is C14H21NO. The quantitative estimate of drug-likeness (QED) is 0.658. The number of unbranched alkanes of at least 4 members (excludes halogenated alkanes) is 2. The SMILES string of the molecule is OCCCCCNC/C=C/c1ccccc1. The van der Waals surface area contributed by atoms with Crippen LogP contribution in [0.15, 0.2) is 36.4 Å². The van der Waals surface area contributed by atoms with Gasteiger partial charge in [-0.15, -0.1) is 0 Å². The number of hydrogen-bond donors (Lipinski definition) is 2. The van der Waals surface area contributed by atoms with Gasteiger partial charge in [0.05, 0.1) is 0 Å². The topological polar surface area (TPSA) is 32.3 Å². The van der Waals surface area contributed by atoms with Crippen LogP contribution in [-0.2, 0) is 0 Å². The first-order valence-electron chi connectivity index (χ1n) is 5.96. The van der Waals surface area contributed by atoms with Crippen molar-refractivity contribution in [2.45, 2.75) is 19.3 Å². The van der Waals surface area contributed by atoms with Gasteiger partial charge in [-0.3, -0.25) is 0 Å². The maximum Gasteiger partial charge on any atom is 0.0431 e. The molecule has 0 fully saturated rings. The molecule has 0 aliphatic carbocycles. The molecule has 2 nitrogen and oxygen atoms in total. The first-order valence-corrected chi connectivity index (χ1v) is 5.96. The zero-order valence-electron chi connectivity index (χ0n) is 9.73. The van der Waals surface area contributed by atoms with Gasteiger partial charge < -0.3 is 10.4 Å². The highest BCUT2D eigenvalue weighted by Gasteiger charge is 1.87. The van der Waals surface area contributed by atoms with Gasteiger partial charge in [0.15, 0.2) is 0 Å². The van der Waals surface area contributed by atoms with E-state index in [1.165, 1.54) is 5.56 Å². The molecule has 0 amide bonds. The second-order valence-corrected chi connectivity index (χ2v) is 3.80. The fraction of sp³-hybridized carbons (Fsp3) is 0.429. The van der Waals surface area contributed by atoms with Crippen molar-refractivity contribution < 1.29 is 5.11 Å². The van der Waals surface area contributed by atoms with Crippen molar-refractivity contribution in [3.8, 4) is 0 Å². The van der Waals surface area contributed by atoms with Gasteiger partial charge in [-0.1, -0.05) is 42.5 Å². The lowest BCUT2D eigenvalue weighted by Crippen LogP contribution is -2.14. The number of aliphatic hydroxyl groups is 1. The summed E-state index contributed by atoms with van der Waals surface area (Å²) in [6, 6.07) is 10.3. The standard InChI is InChI=1S/C14H21NO/c16-13-6-2-5-11-15-12-7-10-14-8-3-1-4-9-14/h1,3-4,7-10,15-16H,2,5-6,11-13H2/b10-7+. The summed E-state index contributed by atoms with van der Waals surface area (Å²) in [5.74, 6) is 0. The molecule has 0 heterocycles. The number of aliphatic hydroxyl groups excluding tert-OH is 1. The molecule has 0 radical (unpaired) electrons. The lowest BCUT2D eigenvalue weighted by Gasteiger charge is -2.00. The molecule has 88 valence electrons. The zero-order valence-corrected chi connectivity index (χ0v) is 9.73. The Bertz CT molecular complexity index is 282. The minimum atomic E-state index is 0.313. The molecule has 0 spiro atoms. The molecular weight excluding hydrogens is 198 g/mol. The van der Waals surface area contributed by atoms with E-state index in [9.17, 15) is 0 Å². The lowest BCUT2D eigenvalue weighted by atomic mass is 10.2. The summed E-state index contributed by atoms with van der Waals surface area (Å²) >= 11 is 0. The van der Waals surface area contributed by atoms with E-state index in [2.05, 4.69) is 29.6 Å². The molecule has 0 aliphatic heterocycles. The van der Waals surface area contributed by atoms with E-state index in [1.807, 2.05) is 18.2 Å².